The Morgan fingerprint density at radius 2 is 2.00 bits per heavy atom. The molecule has 0 radical (unpaired) electrons. The molecule has 0 unspecified atom stereocenters. The Balaban J connectivity index is 1.23. The van der Waals surface area contributed by atoms with Crippen molar-refractivity contribution in [3.8, 4) is 0 Å². The summed E-state index contributed by atoms with van der Waals surface area (Å²) in [6.07, 6.45) is 6.12. The van der Waals surface area contributed by atoms with E-state index >= 15 is 0 Å². The van der Waals surface area contributed by atoms with E-state index in [1.54, 1.807) is 6.07 Å². The lowest BCUT2D eigenvalue weighted by atomic mass is 9.91. The smallest absolute Gasteiger partial charge is 0.254 e. The van der Waals surface area contributed by atoms with Crippen LogP contribution in [-0.2, 0) is 19.4 Å². The monoisotopic (exact) mass is 409 g/mol. The fourth-order valence-electron chi connectivity index (χ4n) is 5.13. The fraction of sp³-hybridized carbons (Fsp3) is 0.500. The number of hydrogen-bond donors (Lipinski definition) is 0. The van der Waals surface area contributed by atoms with Crippen molar-refractivity contribution >= 4 is 11.0 Å². The summed E-state index contributed by atoms with van der Waals surface area (Å²) in [5.41, 5.74) is 5.02. The normalized spacial score (nSPS) is 18.1. The van der Waals surface area contributed by atoms with Gasteiger partial charge in [-0.15, -0.1) is 0 Å². The molecule has 4 heterocycles. The van der Waals surface area contributed by atoms with Gasteiger partial charge < -0.3 is 14.0 Å². The second-order valence-electron chi connectivity index (χ2n) is 8.79. The summed E-state index contributed by atoms with van der Waals surface area (Å²) in [7, 11) is 0. The number of hydrogen-bond acceptors (Lipinski definition) is 4. The molecule has 6 heteroatoms. The largest absolute Gasteiger partial charge is 0.356 e. The fourth-order valence-corrected chi connectivity index (χ4v) is 5.13. The van der Waals surface area contributed by atoms with E-state index in [2.05, 4.69) is 23.0 Å². The van der Waals surface area contributed by atoms with Crippen LogP contribution < -0.4 is 5.56 Å². The average Bonchev–Trinajstić information content (AvgIpc) is 3.17. The Bertz CT molecular complexity index is 1130. The van der Waals surface area contributed by atoms with E-state index < -0.39 is 0 Å². The maximum absolute atomic E-state index is 13.4. The number of benzene rings is 1. The first-order chi connectivity index (χ1) is 14.6. The Labute approximate surface area is 175 Å². The van der Waals surface area contributed by atoms with Crippen molar-refractivity contribution in [2.24, 2.45) is 0 Å². The lowest BCUT2D eigenvalue weighted by Crippen LogP contribution is -2.36. The number of piperidine rings is 1. The van der Waals surface area contributed by atoms with Gasteiger partial charge in [-0.3, -0.25) is 4.79 Å². The summed E-state index contributed by atoms with van der Waals surface area (Å²) < 4.78 is 20.7. The van der Waals surface area contributed by atoms with Gasteiger partial charge in [-0.05, 0) is 82.3 Å². The molecule has 158 valence electrons. The first-order valence-electron chi connectivity index (χ1n) is 11.1. The molecule has 30 heavy (non-hydrogen) atoms. The van der Waals surface area contributed by atoms with Crippen LogP contribution in [0.15, 0.2) is 33.6 Å². The number of halogens is 1. The van der Waals surface area contributed by atoms with Gasteiger partial charge in [0.2, 0.25) is 0 Å². The standard InChI is InChI=1S/C24H28FN3O2/c1-16-14-19-4-2-3-10-28(19)24(29)20(16)9-13-27-11-7-17(8-12-27)23-21-6-5-18(25)15-22(21)30-26-23/h5-6,14-15,17H,2-4,7-13H2,1H3. The first-order valence-corrected chi connectivity index (χ1v) is 11.1. The summed E-state index contributed by atoms with van der Waals surface area (Å²) in [5, 5.41) is 5.16. The lowest BCUT2D eigenvalue weighted by Gasteiger charge is -2.31. The molecule has 0 spiro atoms. The van der Waals surface area contributed by atoms with Gasteiger partial charge in [0.05, 0.1) is 5.69 Å². The van der Waals surface area contributed by atoms with Crippen molar-refractivity contribution in [1.82, 2.24) is 14.6 Å². The molecular formula is C24H28FN3O2. The molecule has 5 rings (SSSR count). The predicted octanol–water partition coefficient (Wildman–Crippen LogP) is 4.20. The summed E-state index contributed by atoms with van der Waals surface area (Å²) in [6, 6.07) is 6.87. The van der Waals surface area contributed by atoms with Crippen molar-refractivity contribution in [1.29, 1.82) is 0 Å². The molecule has 2 aliphatic rings. The molecule has 0 aliphatic carbocycles. The van der Waals surface area contributed by atoms with Crippen LogP contribution in [-0.4, -0.2) is 34.3 Å². The zero-order valence-corrected chi connectivity index (χ0v) is 17.5. The highest BCUT2D eigenvalue weighted by Gasteiger charge is 2.25. The van der Waals surface area contributed by atoms with Crippen LogP contribution >= 0.6 is 0 Å². The molecule has 1 fully saturated rings. The van der Waals surface area contributed by atoms with Crippen molar-refractivity contribution in [3.63, 3.8) is 0 Å². The van der Waals surface area contributed by atoms with E-state index in [0.29, 0.717) is 11.5 Å². The number of rotatable bonds is 4. The second kappa shape index (κ2) is 7.99. The third-order valence-corrected chi connectivity index (χ3v) is 6.89. The van der Waals surface area contributed by atoms with Crippen LogP contribution in [0.3, 0.4) is 0 Å². The number of aromatic nitrogens is 2. The van der Waals surface area contributed by atoms with Crippen molar-refractivity contribution in [2.75, 3.05) is 19.6 Å². The van der Waals surface area contributed by atoms with E-state index in [1.807, 2.05) is 4.57 Å². The van der Waals surface area contributed by atoms with Crippen molar-refractivity contribution < 1.29 is 8.91 Å². The minimum atomic E-state index is -0.298. The molecule has 0 atom stereocenters. The minimum absolute atomic E-state index is 0.223. The van der Waals surface area contributed by atoms with Gasteiger partial charge in [0.25, 0.3) is 5.56 Å². The highest BCUT2D eigenvalue weighted by Crippen LogP contribution is 2.32. The van der Waals surface area contributed by atoms with Gasteiger partial charge >= 0.3 is 0 Å². The van der Waals surface area contributed by atoms with Crippen LogP contribution in [0, 0.1) is 12.7 Å². The summed E-state index contributed by atoms with van der Waals surface area (Å²) >= 11 is 0. The molecule has 3 aromatic rings. The lowest BCUT2D eigenvalue weighted by molar-refractivity contribution is 0.211. The zero-order valence-electron chi connectivity index (χ0n) is 17.5. The molecule has 1 aromatic carbocycles. The molecule has 0 N–H and O–H groups in total. The van der Waals surface area contributed by atoms with Crippen molar-refractivity contribution in [3.05, 3.63) is 63.0 Å². The Hall–Kier alpha value is -2.47. The molecular weight excluding hydrogens is 381 g/mol. The quantitative estimate of drug-likeness (QED) is 0.648. The minimum Gasteiger partial charge on any atom is -0.356 e. The van der Waals surface area contributed by atoms with Gasteiger partial charge in [-0.25, -0.2) is 4.39 Å². The molecule has 5 nitrogen and oxygen atoms in total. The molecule has 0 amide bonds. The summed E-state index contributed by atoms with van der Waals surface area (Å²) in [4.78, 5) is 15.4. The molecule has 0 bridgehead atoms. The van der Waals surface area contributed by atoms with Crippen molar-refractivity contribution in [2.45, 2.75) is 57.9 Å². The molecule has 0 saturated carbocycles. The first kappa shape index (κ1) is 19.5. The summed E-state index contributed by atoms with van der Waals surface area (Å²) in [6.45, 7) is 5.81. The molecule has 2 aliphatic heterocycles. The van der Waals surface area contributed by atoms with E-state index in [-0.39, 0.29) is 11.4 Å². The highest BCUT2D eigenvalue weighted by atomic mass is 19.1. The number of aryl methyl sites for hydroxylation is 2. The SMILES string of the molecule is Cc1cc2n(c(=O)c1CCN1CCC(c3noc4cc(F)ccc34)CC1)CCCC2. The Morgan fingerprint density at radius 3 is 2.83 bits per heavy atom. The van der Waals surface area contributed by atoms with Gasteiger partial charge in [0, 0.05) is 41.7 Å². The van der Waals surface area contributed by atoms with Crippen LogP contribution in [0.2, 0.25) is 0 Å². The predicted molar refractivity (Wildman–Crippen MR) is 114 cm³/mol. The van der Waals surface area contributed by atoms with Crippen LogP contribution in [0.25, 0.3) is 11.0 Å². The number of nitrogens with zero attached hydrogens (tertiary/aromatic N) is 3. The maximum Gasteiger partial charge on any atom is 0.254 e. The number of pyridine rings is 1. The number of likely N-dealkylation sites (tertiary alicyclic amines) is 1. The van der Waals surface area contributed by atoms with E-state index in [9.17, 15) is 9.18 Å². The highest BCUT2D eigenvalue weighted by molar-refractivity contribution is 5.79. The van der Waals surface area contributed by atoms with E-state index in [4.69, 9.17) is 4.52 Å². The average molecular weight is 410 g/mol. The number of fused-ring (bicyclic) bond motifs is 2. The van der Waals surface area contributed by atoms with Crippen LogP contribution in [0.1, 0.15) is 54.1 Å². The van der Waals surface area contributed by atoms with E-state index in [1.165, 1.54) is 24.2 Å². The summed E-state index contributed by atoms with van der Waals surface area (Å²) in [5.74, 6) is 0.0393. The molecule has 1 saturated heterocycles. The Morgan fingerprint density at radius 1 is 1.17 bits per heavy atom. The van der Waals surface area contributed by atoms with Gasteiger partial charge in [0.15, 0.2) is 5.58 Å². The topological polar surface area (TPSA) is 51.3 Å². The maximum atomic E-state index is 13.4. The van der Waals surface area contributed by atoms with Gasteiger partial charge in [-0.2, -0.15) is 0 Å². The Kier molecular flexibility index (Phi) is 5.19. The van der Waals surface area contributed by atoms with Gasteiger partial charge in [0.1, 0.15) is 5.82 Å². The zero-order chi connectivity index (χ0) is 20.7. The van der Waals surface area contributed by atoms with Crippen LogP contribution in [0.4, 0.5) is 4.39 Å². The second-order valence-corrected chi connectivity index (χ2v) is 8.79. The third kappa shape index (κ3) is 3.58. The van der Waals surface area contributed by atoms with Crippen LogP contribution in [0.5, 0.6) is 0 Å². The van der Waals surface area contributed by atoms with Gasteiger partial charge in [-0.1, -0.05) is 5.16 Å². The van der Waals surface area contributed by atoms with E-state index in [0.717, 1.165) is 80.5 Å². The third-order valence-electron chi connectivity index (χ3n) is 6.89. The molecule has 2 aromatic heterocycles.